The number of sulfonamides is 1. The van der Waals surface area contributed by atoms with Crippen LogP contribution in [0, 0.1) is 5.41 Å². The van der Waals surface area contributed by atoms with Crippen LogP contribution in [-0.2, 0) is 26.2 Å². The van der Waals surface area contributed by atoms with Gasteiger partial charge in [0, 0.05) is 18.0 Å². The summed E-state index contributed by atoms with van der Waals surface area (Å²) < 4.78 is 28.2. The van der Waals surface area contributed by atoms with Crippen LogP contribution in [0.3, 0.4) is 0 Å². The molecular weight excluding hydrogens is 558 g/mol. The van der Waals surface area contributed by atoms with Gasteiger partial charge < -0.3 is 16.4 Å². The highest BCUT2D eigenvalue weighted by Crippen LogP contribution is 2.29. The van der Waals surface area contributed by atoms with Crippen molar-refractivity contribution in [3.05, 3.63) is 107 Å². The van der Waals surface area contributed by atoms with Crippen LogP contribution in [0.4, 0.5) is 0 Å². The molecule has 0 saturated carbocycles. The average Bonchev–Trinajstić information content (AvgIpc) is 2.98. The van der Waals surface area contributed by atoms with E-state index < -0.39 is 33.9 Å². The molecule has 0 spiro atoms. The number of amidine groups is 1. The second kappa shape index (κ2) is 15.4. The van der Waals surface area contributed by atoms with E-state index in [1.54, 1.807) is 36.0 Å². The number of hydrogen-bond donors (Lipinski definition) is 5. The molecule has 9 nitrogen and oxygen atoms in total. The maximum Gasteiger partial charge on any atom is 0.242 e. The number of nitrogens with two attached hydrogens (primary N) is 1. The molecule has 0 fully saturated rings. The van der Waals surface area contributed by atoms with Crippen LogP contribution in [0.15, 0.2) is 84.9 Å². The minimum atomic E-state index is -3.79. The summed E-state index contributed by atoms with van der Waals surface area (Å²) in [5.74, 6) is -1.24. The first-order valence-corrected chi connectivity index (χ1v) is 16.3. The minimum absolute atomic E-state index is 0.0435. The number of hydrogen-bond acceptors (Lipinski definition) is 6. The normalized spacial score (nSPS) is 12.9. The lowest BCUT2D eigenvalue weighted by Crippen LogP contribution is -2.56. The fourth-order valence-corrected chi connectivity index (χ4v) is 5.60. The van der Waals surface area contributed by atoms with Crippen LogP contribution in [0.25, 0.3) is 0 Å². The van der Waals surface area contributed by atoms with Gasteiger partial charge in [0.2, 0.25) is 21.8 Å². The Kier molecular flexibility index (Phi) is 11.9. The van der Waals surface area contributed by atoms with Gasteiger partial charge in [0.05, 0.1) is 5.75 Å². The predicted molar refractivity (Wildman–Crippen MR) is 165 cm³/mol. The van der Waals surface area contributed by atoms with E-state index in [-0.39, 0.29) is 24.0 Å². The van der Waals surface area contributed by atoms with Gasteiger partial charge in [-0.1, -0.05) is 84.9 Å². The summed E-state index contributed by atoms with van der Waals surface area (Å²) in [4.78, 5) is 27.2. The van der Waals surface area contributed by atoms with Crippen LogP contribution in [0.5, 0.6) is 0 Å². The van der Waals surface area contributed by atoms with Crippen LogP contribution >= 0.6 is 11.8 Å². The van der Waals surface area contributed by atoms with Gasteiger partial charge in [-0.3, -0.25) is 15.0 Å². The topological polar surface area (TPSA) is 154 Å². The first-order valence-electron chi connectivity index (χ1n) is 13.3. The average molecular weight is 596 g/mol. The Bertz CT molecular complexity index is 1360. The van der Waals surface area contributed by atoms with Gasteiger partial charge in [-0.05, 0) is 42.0 Å². The van der Waals surface area contributed by atoms with Crippen molar-refractivity contribution >= 4 is 39.4 Å². The lowest BCUT2D eigenvalue weighted by Gasteiger charge is -2.29. The van der Waals surface area contributed by atoms with Gasteiger partial charge in [-0.2, -0.15) is 11.8 Å². The van der Waals surface area contributed by atoms with E-state index >= 15 is 0 Å². The number of benzene rings is 3. The van der Waals surface area contributed by atoms with Crippen molar-refractivity contribution < 1.29 is 18.0 Å². The second-order valence-corrected chi connectivity index (χ2v) is 12.5. The molecule has 6 N–H and O–H groups in total. The highest BCUT2D eigenvalue weighted by Gasteiger charge is 2.35. The molecule has 41 heavy (non-hydrogen) atoms. The first kappa shape index (κ1) is 31.9. The van der Waals surface area contributed by atoms with E-state index in [1.165, 1.54) is 6.92 Å². The molecule has 0 radical (unpaired) electrons. The van der Waals surface area contributed by atoms with Gasteiger partial charge in [-0.15, -0.1) is 0 Å². The number of amides is 2. The Labute approximate surface area is 246 Å². The molecule has 3 aromatic rings. The van der Waals surface area contributed by atoms with Crippen LogP contribution in [0.2, 0.25) is 0 Å². The Morgan fingerprint density at radius 3 is 1.95 bits per heavy atom. The molecule has 3 rings (SSSR count). The maximum absolute atomic E-state index is 13.9. The maximum atomic E-state index is 13.9. The summed E-state index contributed by atoms with van der Waals surface area (Å²) in [6.07, 6.45) is 2.27. The molecule has 0 bridgehead atoms. The van der Waals surface area contributed by atoms with Gasteiger partial charge in [0.25, 0.3) is 0 Å². The third-order valence-corrected chi connectivity index (χ3v) is 8.61. The van der Waals surface area contributed by atoms with E-state index in [2.05, 4.69) is 15.4 Å². The first-order chi connectivity index (χ1) is 19.6. The Morgan fingerprint density at radius 1 is 0.902 bits per heavy atom. The standard InChI is InChI=1S/C30H37N5O4S2/c1-3-41(38,39)35-27(26(22-10-6-4-7-11-22)23-12-8-5-9-13-23)30(37)34-25(18-19-40-2)29(36)33-20-21-14-16-24(17-15-21)28(31)32/h4-17,25-27,35H,3,18-20H2,1-2H3,(H3,31,32)(H,33,36)(H,34,37). The van der Waals surface area contributed by atoms with Gasteiger partial charge >= 0.3 is 0 Å². The number of thioether (sulfide) groups is 1. The van der Waals surface area contributed by atoms with Crippen LogP contribution in [0.1, 0.15) is 41.5 Å². The number of carbonyl (C=O) groups excluding carboxylic acids is 2. The highest BCUT2D eigenvalue weighted by atomic mass is 32.2. The molecule has 0 saturated heterocycles. The molecule has 0 aromatic heterocycles. The Morgan fingerprint density at radius 2 is 1.46 bits per heavy atom. The Hall–Kier alpha value is -3.67. The molecule has 2 atom stereocenters. The monoisotopic (exact) mass is 595 g/mol. The van der Waals surface area contributed by atoms with E-state index in [0.29, 0.717) is 17.7 Å². The second-order valence-electron chi connectivity index (χ2n) is 9.47. The van der Waals surface area contributed by atoms with E-state index in [9.17, 15) is 18.0 Å². The van der Waals surface area contributed by atoms with Gasteiger partial charge in [0.1, 0.15) is 17.9 Å². The molecular formula is C30H37N5O4S2. The summed E-state index contributed by atoms with van der Waals surface area (Å²) in [5.41, 5.74) is 8.42. The SMILES string of the molecule is CCS(=O)(=O)NC(C(=O)NC(CCSC)C(=O)NCc1ccc(C(=N)N)cc1)C(c1ccccc1)c1ccccc1. The van der Waals surface area contributed by atoms with Gasteiger partial charge in [0.15, 0.2) is 0 Å². The zero-order chi connectivity index (χ0) is 29.8. The van der Waals surface area contributed by atoms with Crippen molar-refractivity contribution in [1.82, 2.24) is 15.4 Å². The van der Waals surface area contributed by atoms with Crippen LogP contribution < -0.4 is 21.1 Å². The largest absolute Gasteiger partial charge is 0.384 e. The number of carbonyl (C=O) groups is 2. The van der Waals surface area contributed by atoms with Crippen molar-refractivity contribution in [1.29, 1.82) is 5.41 Å². The summed E-state index contributed by atoms with van der Waals surface area (Å²) in [7, 11) is -3.79. The van der Waals surface area contributed by atoms with Crippen molar-refractivity contribution in [3.8, 4) is 0 Å². The molecule has 0 aliphatic rings. The van der Waals surface area contributed by atoms with Gasteiger partial charge in [-0.25, -0.2) is 13.1 Å². The molecule has 2 unspecified atom stereocenters. The summed E-state index contributed by atoms with van der Waals surface area (Å²) in [6, 6.07) is 23.3. The molecule has 2 amide bonds. The third-order valence-electron chi connectivity index (χ3n) is 6.60. The zero-order valence-corrected chi connectivity index (χ0v) is 24.8. The number of nitrogens with one attached hydrogen (secondary N) is 4. The van der Waals surface area contributed by atoms with Crippen molar-refractivity contribution in [2.45, 2.75) is 37.9 Å². The highest BCUT2D eigenvalue weighted by molar-refractivity contribution is 7.98. The lowest BCUT2D eigenvalue weighted by molar-refractivity contribution is -0.130. The summed E-state index contributed by atoms with van der Waals surface area (Å²) in [5, 5.41) is 13.2. The zero-order valence-electron chi connectivity index (χ0n) is 23.2. The summed E-state index contributed by atoms with van der Waals surface area (Å²) >= 11 is 1.54. The third kappa shape index (κ3) is 9.44. The molecule has 0 heterocycles. The lowest BCUT2D eigenvalue weighted by atomic mass is 9.85. The quantitative estimate of drug-likeness (QED) is 0.134. The predicted octanol–water partition coefficient (Wildman–Crippen LogP) is 2.96. The fraction of sp³-hybridized carbons (Fsp3) is 0.300. The molecule has 218 valence electrons. The minimum Gasteiger partial charge on any atom is -0.384 e. The number of rotatable bonds is 15. The summed E-state index contributed by atoms with van der Waals surface area (Å²) in [6.45, 7) is 1.72. The van der Waals surface area contributed by atoms with Crippen molar-refractivity contribution in [3.63, 3.8) is 0 Å². The van der Waals surface area contributed by atoms with E-state index in [4.69, 9.17) is 11.1 Å². The van der Waals surface area contributed by atoms with Crippen molar-refractivity contribution in [2.24, 2.45) is 5.73 Å². The Balaban J connectivity index is 1.89. The smallest absolute Gasteiger partial charge is 0.242 e. The molecule has 11 heteroatoms. The van der Waals surface area contributed by atoms with E-state index in [0.717, 1.165) is 16.7 Å². The molecule has 3 aromatic carbocycles. The fourth-order valence-electron chi connectivity index (χ4n) is 4.33. The van der Waals surface area contributed by atoms with Crippen LogP contribution in [-0.4, -0.2) is 55.9 Å². The number of nitrogen functional groups attached to an aromatic ring is 1. The van der Waals surface area contributed by atoms with Crippen molar-refractivity contribution in [2.75, 3.05) is 17.8 Å². The van der Waals surface area contributed by atoms with E-state index in [1.807, 2.05) is 66.9 Å². The molecule has 0 aliphatic carbocycles. The molecule has 0 aliphatic heterocycles.